The van der Waals surface area contributed by atoms with Gasteiger partial charge in [0.2, 0.25) is 0 Å². The summed E-state index contributed by atoms with van der Waals surface area (Å²) in [5.41, 5.74) is 2.73. The van der Waals surface area contributed by atoms with E-state index in [-0.39, 0.29) is 5.92 Å². The molecular weight excluding hydrogens is 260 g/mol. The molecule has 21 heavy (non-hydrogen) atoms. The van der Waals surface area contributed by atoms with E-state index in [0.717, 1.165) is 19.3 Å². The summed E-state index contributed by atoms with van der Waals surface area (Å²) in [6.07, 6.45) is 4.53. The number of benzene rings is 2. The third-order valence-electron chi connectivity index (χ3n) is 4.33. The Morgan fingerprint density at radius 2 is 2.00 bits per heavy atom. The first-order chi connectivity index (χ1) is 10.3. The van der Waals surface area contributed by atoms with Crippen molar-refractivity contribution in [2.75, 3.05) is 6.61 Å². The maximum absolute atomic E-state index is 9.95. The summed E-state index contributed by atoms with van der Waals surface area (Å²) in [5.74, 6) is 0.226. The highest BCUT2D eigenvalue weighted by atomic mass is 16.6. The van der Waals surface area contributed by atoms with Crippen molar-refractivity contribution in [2.24, 2.45) is 5.92 Å². The maximum Gasteiger partial charge on any atom is 0.157 e. The molecule has 3 rings (SSSR count). The van der Waals surface area contributed by atoms with Gasteiger partial charge in [0, 0.05) is 12.5 Å². The molecular formula is C19H22O2. The fraction of sp³-hybridized carbons (Fsp3) is 0.368. The average molecular weight is 282 g/mol. The lowest BCUT2D eigenvalue weighted by molar-refractivity contribution is -0.131. The zero-order valence-corrected chi connectivity index (χ0v) is 12.5. The van der Waals surface area contributed by atoms with Crippen LogP contribution >= 0.6 is 0 Å². The lowest BCUT2D eigenvalue weighted by atomic mass is 9.85. The van der Waals surface area contributed by atoms with Gasteiger partial charge in [0.05, 0.1) is 0 Å². The van der Waals surface area contributed by atoms with Crippen molar-refractivity contribution in [3.8, 4) is 0 Å². The summed E-state index contributed by atoms with van der Waals surface area (Å²) >= 11 is 0. The van der Waals surface area contributed by atoms with Crippen LogP contribution in [0.5, 0.6) is 0 Å². The van der Waals surface area contributed by atoms with Gasteiger partial charge in [-0.1, -0.05) is 48.5 Å². The normalized spacial score (nSPS) is 20.3. The van der Waals surface area contributed by atoms with E-state index in [4.69, 9.17) is 4.74 Å². The second kappa shape index (κ2) is 6.42. The molecule has 2 aromatic carbocycles. The standard InChI is InChI=1S/C19H22O2/c1-2-21-19(20)16-12-10-15(11-13-16)18-9-5-7-14-6-3-4-8-17(14)18/h3-10,16,19-20H,2,11-13H2,1H3. The van der Waals surface area contributed by atoms with E-state index >= 15 is 0 Å². The van der Waals surface area contributed by atoms with Crippen LogP contribution in [0.1, 0.15) is 31.7 Å². The fourth-order valence-corrected chi connectivity index (χ4v) is 3.17. The second-order valence-electron chi connectivity index (χ2n) is 5.64. The fourth-order valence-electron chi connectivity index (χ4n) is 3.17. The third kappa shape index (κ3) is 3.02. The molecule has 0 spiro atoms. The van der Waals surface area contributed by atoms with Gasteiger partial charge in [0.25, 0.3) is 0 Å². The number of hydrogen-bond acceptors (Lipinski definition) is 2. The van der Waals surface area contributed by atoms with Gasteiger partial charge in [-0.25, -0.2) is 0 Å². The van der Waals surface area contributed by atoms with E-state index in [0.29, 0.717) is 6.61 Å². The van der Waals surface area contributed by atoms with Gasteiger partial charge < -0.3 is 9.84 Å². The summed E-state index contributed by atoms with van der Waals surface area (Å²) < 4.78 is 5.32. The molecule has 0 amide bonds. The van der Waals surface area contributed by atoms with Crippen molar-refractivity contribution < 1.29 is 9.84 Å². The average Bonchev–Trinajstić information content (AvgIpc) is 2.55. The maximum atomic E-state index is 9.95. The zero-order chi connectivity index (χ0) is 14.7. The van der Waals surface area contributed by atoms with Crippen molar-refractivity contribution >= 4 is 16.3 Å². The summed E-state index contributed by atoms with van der Waals surface area (Å²) in [6.45, 7) is 2.49. The quantitative estimate of drug-likeness (QED) is 0.843. The predicted octanol–water partition coefficient (Wildman–Crippen LogP) is 4.38. The van der Waals surface area contributed by atoms with Gasteiger partial charge in [0.15, 0.2) is 6.29 Å². The van der Waals surface area contributed by atoms with Gasteiger partial charge in [-0.15, -0.1) is 0 Å². The molecule has 0 heterocycles. The van der Waals surface area contributed by atoms with E-state index in [1.807, 2.05) is 6.92 Å². The van der Waals surface area contributed by atoms with Crippen LogP contribution in [0.3, 0.4) is 0 Å². The molecule has 2 unspecified atom stereocenters. The molecule has 2 nitrogen and oxygen atoms in total. The van der Waals surface area contributed by atoms with Crippen molar-refractivity contribution in [3.63, 3.8) is 0 Å². The molecule has 1 aliphatic rings. The van der Waals surface area contributed by atoms with Crippen molar-refractivity contribution in [1.82, 2.24) is 0 Å². The first kappa shape index (κ1) is 14.3. The zero-order valence-electron chi connectivity index (χ0n) is 12.5. The Morgan fingerprint density at radius 1 is 1.19 bits per heavy atom. The topological polar surface area (TPSA) is 29.5 Å². The molecule has 110 valence electrons. The highest BCUT2D eigenvalue weighted by Crippen LogP contribution is 2.35. The van der Waals surface area contributed by atoms with Crippen molar-refractivity contribution in [1.29, 1.82) is 0 Å². The van der Waals surface area contributed by atoms with E-state index < -0.39 is 6.29 Å². The molecule has 1 N–H and O–H groups in total. The van der Waals surface area contributed by atoms with E-state index in [1.165, 1.54) is 21.9 Å². The molecule has 0 radical (unpaired) electrons. The highest BCUT2D eigenvalue weighted by molar-refractivity contribution is 5.93. The van der Waals surface area contributed by atoms with Crippen molar-refractivity contribution in [3.05, 3.63) is 54.1 Å². The summed E-state index contributed by atoms with van der Waals surface area (Å²) in [7, 11) is 0. The number of allylic oxidation sites excluding steroid dienone is 2. The summed E-state index contributed by atoms with van der Waals surface area (Å²) in [4.78, 5) is 0. The summed E-state index contributed by atoms with van der Waals surface area (Å²) in [6, 6.07) is 15.0. The minimum atomic E-state index is -0.625. The van der Waals surface area contributed by atoms with E-state index in [1.54, 1.807) is 0 Å². The van der Waals surface area contributed by atoms with Gasteiger partial charge in [0.1, 0.15) is 0 Å². The number of rotatable bonds is 4. The number of aliphatic hydroxyl groups excluding tert-OH is 1. The number of fused-ring (bicyclic) bond motifs is 1. The van der Waals surface area contributed by atoms with Gasteiger partial charge >= 0.3 is 0 Å². The Balaban J connectivity index is 1.84. The minimum Gasteiger partial charge on any atom is -0.368 e. The molecule has 0 bridgehead atoms. The van der Waals surface area contributed by atoms with Crippen molar-refractivity contribution in [2.45, 2.75) is 32.5 Å². The van der Waals surface area contributed by atoms with Crippen LogP contribution in [0.4, 0.5) is 0 Å². The van der Waals surface area contributed by atoms with Gasteiger partial charge in [-0.05, 0) is 48.1 Å². The van der Waals surface area contributed by atoms with E-state index in [9.17, 15) is 5.11 Å². The van der Waals surface area contributed by atoms with Gasteiger partial charge in [-0.3, -0.25) is 0 Å². The largest absolute Gasteiger partial charge is 0.368 e. The van der Waals surface area contributed by atoms with Crippen LogP contribution in [0.25, 0.3) is 16.3 Å². The summed E-state index contributed by atoms with van der Waals surface area (Å²) in [5, 5.41) is 12.6. The Hall–Kier alpha value is -1.64. The molecule has 0 aromatic heterocycles. The lowest BCUT2D eigenvalue weighted by Gasteiger charge is -2.26. The molecule has 2 heteroatoms. The minimum absolute atomic E-state index is 0.226. The third-order valence-corrected chi connectivity index (χ3v) is 4.33. The van der Waals surface area contributed by atoms with Crippen LogP contribution < -0.4 is 0 Å². The van der Waals surface area contributed by atoms with Crippen LogP contribution in [0.15, 0.2) is 48.5 Å². The van der Waals surface area contributed by atoms with Gasteiger partial charge in [-0.2, -0.15) is 0 Å². The Labute approximate surface area is 126 Å². The molecule has 0 aliphatic heterocycles. The first-order valence-electron chi connectivity index (χ1n) is 7.76. The van der Waals surface area contributed by atoms with Crippen LogP contribution in [0.2, 0.25) is 0 Å². The number of ether oxygens (including phenoxy) is 1. The number of aliphatic hydroxyl groups is 1. The monoisotopic (exact) mass is 282 g/mol. The smallest absolute Gasteiger partial charge is 0.157 e. The van der Waals surface area contributed by atoms with E-state index in [2.05, 4.69) is 48.5 Å². The highest BCUT2D eigenvalue weighted by Gasteiger charge is 2.23. The Bertz CT molecular complexity index is 640. The molecule has 2 aromatic rings. The lowest BCUT2D eigenvalue weighted by Crippen LogP contribution is -2.25. The SMILES string of the molecule is CCOC(O)C1CC=C(c2cccc3ccccc23)CC1. The van der Waals surface area contributed by atoms with Crippen LogP contribution in [-0.2, 0) is 4.74 Å². The second-order valence-corrected chi connectivity index (χ2v) is 5.64. The first-order valence-corrected chi connectivity index (χ1v) is 7.76. The van der Waals surface area contributed by atoms with Crippen LogP contribution in [-0.4, -0.2) is 18.0 Å². The number of hydrogen-bond donors (Lipinski definition) is 1. The Kier molecular flexibility index (Phi) is 4.37. The molecule has 0 saturated heterocycles. The molecule has 0 fully saturated rings. The predicted molar refractivity (Wildman–Crippen MR) is 86.9 cm³/mol. The van der Waals surface area contributed by atoms with Crippen LogP contribution in [0, 0.1) is 5.92 Å². The Morgan fingerprint density at radius 3 is 2.76 bits per heavy atom. The molecule has 0 saturated carbocycles. The molecule has 1 aliphatic carbocycles. The molecule has 2 atom stereocenters.